The maximum absolute atomic E-state index is 12.7. The van der Waals surface area contributed by atoms with E-state index in [9.17, 15) is 30.0 Å². The molecule has 1 heterocycles. The number of aliphatic hydroxyl groups is 4. The molecule has 0 bridgehead atoms. The van der Waals surface area contributed by atoms with Crippen LogP contribution in [0.25, 0.3) is 0 Å². The summed E-state index contributed by atoms with van der Waals surface area (Å²) in [6.07, 6.45) is 41.3. The first-order valence-corrected chi connectivity index (χ1v) is 21.3. The van der Waals surface area contributed by atoms with Gasteiger partial charge < -0.3 is 39.4 Å². The lowest BCUT2D eigenvalue weighted by atomic mass is 9.99. The van der Waals surface area contributed by atoms with Crippen molar-refractivity contribution in [2.45, 2.75) is 166 Å². The SMILES string of the molecule is CCC=CCC=CCC=CCC=CCC=CCCCC(=O)OC[C@H](CO[C@@H]1O[C@H](CO)[C@H](O)[C@H](O)[C@@H]1O)OC(=O)CCCCCCCC=CCC=CCC=CCC. The van der Waals surface area contributed by atoms with Gasteiger partial charge in [-0.25, -0.2) is 0 Å². The van der Waals surface area contributed by atoms with Crippen molar-refractivity contribution < 1.29 is 49.0 Å². The Morgan fingerprint density at radius 3 is 1.53 bits per heavy atom. The Morgan fingerprint density at radius 1 is 0.544 bits per heavy atom. The number of unbranched alkanes of at least 4 members (excludes halogenated alkanes) is 6. The average molecular weight is 799 g/mol. The summed E-state index contributed by atoms with van der Waals surface area (Å²) >= 11 is 0. The molecule has 0 aromatic heterocycles. The second-order valence-electron chi connectivity index (χ2n) is 14.0. The minimum Gasteiger partial charge on any atom is -0.462 e. The van der Waals surface area contributed by atoms with Gasteiger partial charge >= 0.3 is 11.9 Å². The number of aliphatic hydroxyl groups excluding tert-OH is 4. The van der Waals surface area contributed by atoms with Gasteiger partial charge in [-0.15, -0.1) is 0 Å². The van der Waals surface area contributed by atoms with Crippen LogP contribution in [-0.4, -0.2) is 89.0 Å². The lowest BCUT2D eigenvalue weighted by molar-refractivity contribution is -0.305. The molecule has 1 fully saturated rings. The molecule has 322 valence electrons. The number of ether oxygens (including phenoxy) is 4. The van der Waals surface area contributed by atoms with E-state index in [1.165, 1.54) is 0 Å². The molecule has 1 aliphatic rings. The van der Waals surface area contributed by atoms with E-state index < -0.39 is 55.4 Å². The van der Waals surface area contributed by atoms with Gasteiger partial charge in [0.1, 0.15) is 31.0 Å². The van der Waals surface area contributed by atoms with Gasteiger partial charge in [-0.1, -0.05) is 130 Å². The second kappa shape index (κ2) is 36.9. The summed E-state index contributed by atoms with van der Waals surface area (Å²) in [5.41, 5.74) is 0. The minimum absolute atomic E-state index is 0.187. The molecule has 1 aliphatic heterocycles. The number of carbonyl (C=O) groups excluding carboxylic acids is 2. The zero-order chi connectivity index (χ0) is 41.6. The first-order chi connectivity index (χ1) is 27.8. The number of hydrogen-bond acceptors (Lipinski definition) is 10. The van der Waals surface area contributed by atoms with E-state index in [0.717, 1.165) is 83.5 Å². The third-order valence-corrected chi connectivity index (χ3v) is 8.96. The van der Waals surface area contributed by atoms with Gasteiger partial charge in [0.05, 0.1) is 13.2 Å². The topological polar surface area (TPSA) is 152 Å². The number of esters is 2. The molecule has 4 N–H and O–H groups in total. The van der Waals surface area contributed by atoms with Crippen molar-refractivity contribution in [1.82, 2.24) is 0 Å². The monoisotopic (exact) mass is 799 g/mol. The van der Waals surface area contributed by atoms with Crippen LogP contribution in [0.15, 0.2) is 97.2 Å². The molecule has 0 unspecified atom stereocenters. The molecule has 0 aromatic rings. The van der Waals surface area contributed by atoms with Crippen LogP contribution in [0.2, 0.25) is 0 Å². The maximum atomic E-state index is 12.7. The highest BCUT2D eigenvalue weighted by atomic mass is 16.7. The van der Waals surface area contributed by atoms with Crippen molar-refractivity contribution in [2.75, 3.05) is 19.8 Å². The standard InChI is InChI=1S/C47H74O10/c1-3-5-7-9-11-13-15-17-19-20-22-23-25-27-29-31-33-35-42(49)54-38-40(39-55-47-46(53)45(52)44(51)41(37-48)57-47)56-43(50)36-34-32-30-28-26-24-21-18-16-14-12-10-8-6-4-2/h5-8,11-14,17-19,21-23,27,29,40-41,44-48,51-53H,3-4,9-10,15-16,20,24-26,28,30-39H2,1-2H3/t40-,41-,44+,45+,46+,47-/m1/s1. The Hall–Kier alpha value is -3.38. The number of rotatable bonds is 33. The Balaban J connectivity index is 2.42. The van der Waals surface area contributed by atoms with Crippen molar-refractivity contribution >= 4 is 11.9 Å². The van der Waals surface area contributed by atoms with Crippen LogP contribution >= 0.6 is 0 Å². The van der Waals surface area contributed by atoms with E-state index in [1.807, 2.05) is 6.08 Å². The average Bonchev–Trinajstić information content (AvgIpc) is 3.21. The number of carbonyl (C=O) groups is 2. The van der Waals surface area contributed by atoms with Crippen LogP contribution < -0.4 is 0 Å². The van der Waals surface area contributed by atoms with Gasteiger partial charge in [-0.05, 0) is 83.5 Å². The lowest BCUT2D eigenvalue weighted by Crippen LogP contribution is -2.59. The normalized spacial score (nSPS) is 21.3. The molecule has 0 aromatic carbocycles. The predicted molar refractivity (Wildman–Crippen MR) is 228 cm³/mol. The molecule has 1 saturated heterocycles. The summed E-state index contributed by atoms with van der Waals surface area (Å²) in [7, 11) is 0. The molecule has 10 heteroatoms. The molecule has 0 aliphatic carbocycles. The molecule has 10 nitrogen and oxygen atoms in total. The quantitative estimate of drug-likeness (QED) is 0.0288. The highest BCUT2D eigenvalue weighted by Crippen LogP contribution is 2.22. The van der Waals surface area contributed by atoms with Gasteiger partial charge in [0.25, 0.3) is 0 Å². The van der Waals surface area contributed by atoms with Crippen molar-refractivity contribution in [3.63, 3.8) is 0 Å². The lowest BCUT2D eigenvalue weighted by Gasteiger charge is -2.39. The maximum Gasteiger partial charge on any atom is 0.306 e. The molecule has 0 amide bonds. The van der Waals surface area contributed by atoms with E-state index in [1.54, 1.807) is 0 Å². The predicted octanol–water partition coefficient (Wildman–Crippen LogP) is 8.77. The van der Waals surface area contributed by atoms with Crippen LogP contribution in [0.4, 0.5) is 0 Å². The molecule has 1 rings (SSSR count). The molecule has 0 saturated carbocycles. The van der Waals surface area contributed by atoms with Crippen LogP contribution in [-0.2, 0) is 28.5 Å². The third kappa shape index (κ3) is 28.6. The summed E-state index contributed by atoms with van der Waals surface area (Å²) in [6, 6.07) is 0. The Labute approximate surface area is 343 Å². The van der Waals surface area contributed by atoms with Crippen molar-refractivity contribution in [2.24, 2.45) is 0 Å². The van der Waals surface area contributed by atoms with Crippen LogP contribution in [0, 0.1) is 0 Å². The van der Waals surface area contributed by atoms with E-state index in [0.29, 0.717) is 19.3 Å². The first-order valence-electron chi connectivity index (χ1n) is 21.3. The minimum atomic E-state index is -1.61. The van der Waals surface area contributed by atoms with Crippen molar-refractivity contribution in [1.29, 1.82) is 0 Å². The Bertz CT molecular complexity index is 1240. The Kier molecular flexibility index (Phi) is 33.5. The molecular formula is C47H74O10. The van der Waals surface area contributed by atoms with E-state index in [4.69, 9.17) is 18.9 Å². The zero-order valence-corrected chi connectivity index (χ0v) is 34.8. The van der Waals surface area contributed by atoms with Crippen LogP contribution in [0.5, 0.6) is 0 Å². The summed E-state index contributed by atoms with van der Waals surface area (Å²) in [5.74, 6) is -0.907. The summed E-state index contributed by atoms with van der Waals surface area (Å²) in [4.78, 5) is 25.3. The number of hydrogen-bond donors (Lipinski definition) is 4. The molecule has 0 radical (unpaired) electrons. The summed E-state index contributed by atoms with van der Waals surface area (Å²) in [5, 5.41) is 40.0. The fraction of sp³-hybridized carbons (Fsp3) is 0.617. The fourth-order valence-corrected chi connectivity index (χ4v) is 5.65. The van der Waals surface area contributed by atoms with Gasteiger partial charge in [0.15, 0.2) is 12.4 Å². The molecule has 57 heavy (non-hydrogen) atoms. The highest BCUT2D eigenvalue weighted by molar-refractivity contribution is 5.70. The third-order valence-electron chi connectivity index (χ3n) is 8.96. The highest BCUT2D eigenvalue weighted by Gasteiger charge is 2.44. The van der Waals surface area contributed by atoms with E-state index >= 15 is 0 Å². The van der Waals surface area contributed by atoms with Gasteiger partial charge in [-0.3, -0.25) is 9.59 Å². The first kappa shape index (κ1) is 51.6. The van der Waals surface area contributed by atoms with Gasteiger partial charge in [-0.2, -0.15) is 0 Å². The second-order valence-corrected chi connectivity index (χ2v) is 14.0. The summed E-state index contributed by atoms with van der Waals surface area (Å²) < 4.78 is 22.0. The largest absolute Gasteiger partial charge is 0.462 e. The summed E-state index contributed by atoms with van der Waals surface area (Å²) in [6.45, 7) is 3.09. The van der Waals surface area contributed by atoms with Gasteiger partial charge in [0.2, 0.25) is 0 Å². The number of allylic oxidation sites excluding steroid dienone is 16. The molecule has 0 spiro atoms. The van der Waals surface area contributed by atoms with Crippen LogP contribution in [0.3, 0.4) is 0 Å². The fourth-order valence-electron chi connectivity index (χ4n) is 5.65. The van der Waals surface area contributed by atoms with Crippen LogP contribution in [0.1, 0.15) is 129 Å². The van der Waals surface area contributed by atoms with E-state index in [2.05, 4.69) is 105 Å². The Morgan fingerprint density at radius 2 is 1.00 bits per heavy atom. The molecular weight excluding hydrogens is 725 g/mol. The van der Waals surface area contributed by atoms with E-state index in [-0.39, 0.29) is 26.1 Å². The van der Waals surface area contributed by atoms with Gasteiger partial charge in [0, 0.05) is 12.8 Å². The smallest absolute Gasteiger partial charge is 0.306 e. The van der Waals surface area contributed by atoms with Crippen molar-refractivity contribution in [3.8, 4) is 0 Å². The zero-order valence-electron chi connectivity index (χ0n) is 34.8. The van der Waals surface area contributed by atoms with Crippen molar-refractivity contribution in [3.05, 3.63) is 97.2 Å². The molecule has 6 atom stereocenters.